The molecule has 0 aliphatic carbocycles. The molecule has 0 saturated carbocycles. The van der Waals surface area contributed by atoms with Crippen molar-refractivity contribution < 1.29 is 14.3 Å². The predicted molar refractivity (Wildman–Crippen MR) is 121 cm³/mol. The molecule has 0 fully saturated rings. The predicted octanol–water partition coefficient (Wildman–Crippen LogP) is 2.55. The molecule has 1 aliphatic heterocycles. The zero-order chi connectivity index (χ0) is 22.2. The SMILES string of the molecule is Nc1ccc(C(=O)N/C(=C\c2ccc3c(c2)OCO3)c2nc3[nH]c(=S)[nH]c(=O)c3[nH]2)cc1. The molecule has 1 amide bonds. The Bertz CT molecular complexity index is 1500. The Balaban J connectivity index is 1.59. The molecule has 0 radical (unpaired) electrons. The van der Waals surface area contributed by atoms with E-state index < -0.39 is 5.56 Å². The van der Waals surface area contributed by atoms with E-state index in [0.29, 0.717) is 28.4 Å². The van der Waals surface area contributed by atoms with Crippen molar-refractivity contribution in [3.8, 4) is 11.5 Å². The van der Waals surface area contributed by atoms with E-state index in [4.69, 9.17) is 27.4 Å². The fraction of sp³-hybridized carbons (Fsp3) is 0.0476. The first-order valence-electron chi connectivity index (χ1n) is 9.47. The number of nitrogen functional groups attached to an aromatic ring is 1. The number of amides is 1. The van der Waals surface area contributed by atoms with E-state index in [-0.39, 0.29) is 34.5 Å². The molecule has 5 rings (SSSR count). The molecule has 0 bridgehead atoms. The molecule has 0 spiro atoms. The number of hydrogen-bond acceptors (Lipinski definition) is 7. The van der Waals surface area contributed by atoms with Crippen LogP contribution in [0.1, 0.15) is 21.7 Å². The third-order valence-corrected chi connectivity index (χ3v) is 4.98. The number of nitrogens with one attached hydrogen (secondary N) is 4. The number of nitrogens with two attached hydrogens (primary N) is 1. The zero-order valence-electron chi connectivity index (χ0n) is 16.4. The highest BCUT2D eigenvalue weighted by atomic mass is 32.1. The van der Waals surface area contributed by atoms with Gasteiger partial charge in [0.15, 0.2) is 27.7 Å². The highest BCUT2D eigenvalue weighted by Crippen LogP contribution is 2.33. The monoisotopic (exact) mass is 448 g/mol. The van der Waals surface area contributed by atoms with Gasteiger partial charge >= 0.3 is 0 Å². The van der Waals surface area contributed by atoms with Crippen LogP contribution in [0.15, 0.2) is 47.3 Å². The molecular formula is C21H16N6O4S. The number of imidazole rings is 1. The fourth-order valence-corrected chi connectivity index (χ4v) is 3.41. The zero-order valence-corrected chi connectivity index (χ0v) is 17.2. The number of anilines is 1. The van der Waals surface area contributed by atoms with E-state index in [1.807, 2.05) is 6.07 Å². The van der Waals surface area contributed by atoms with Gasteiger partial charge in [-0.25, -0.2) is 4.98 Å². The van der Waals surface area contributed by atoms with Crippen LogP contribution in [0, 0.1) is 4.77 Å². The lowest BCUT2D eigenvalue weighted by atomic mass is 10.1. The average molecular weight is 448 g/mol. The Morgan fingerprint density at radius 1 is 1.09 bits per heavy atom. The Morgan fingerprint density at radius 3 is 2.69 bits per heavy atom. The highest BCUT2D eigenvalue weighted by Gasteiger charge is 2.17. The van der Waals surface area contributed by atoms with Gasteiger partial charge in [0.2, 0.25) is 6.79 Å². The van der Waals surface area contributed by atoms with Gasteiger partial charge in [-0.15, -0.1) is 0 Å². The maximum Gasteiger partial charge on any atom is 0.277 e. The van der Waals surface area contributed by atoms with Crippen molar-refractivity contribution in [3.05, 3.63) is 74.5 Å². The number of fused-ring (bicyclic) bond motifs is 2. The molecule has 10 nitrogen and oxygen atoms in total. The van der Waals surface area contributed by atoms with Gasteiger partial charge in [0.1, 0.15) is 5.52 Å². The first-order valence-corrected chi connectivity index (χ1v) is 9.88. The van der Waals surface area contributed by atoms with Crippen molar-refractivity contribution in [1.82, 2.24) is 25.3 Å². The normalized spacial score (nSPS) is 12.8. The second-order valence-electron chi connectivity index (χ2n) is 6.96. The van der Waals surface area contributed by atoms with E-state index in [2.05, 4.69) is 25.3 Å². The van der Waals surface area contributed by atoms with Crippen LogP contribution in [0.5, 0.6) is 11.5 Å². The number of hydrogen-bond donors (Lipinski definition) is 5. The second-order valence-corrected chi connectivity index (χ2v) is 7.37. The van der Waals surface area contributed by atoms with Gasteiger partial charge in [-0.2, -0.15) is 0 Å². The van der Waals surface area contributed by atoms with E-state index in [0.717, 1.165) is 5.56 Å². The lowest BCUT2D eigenvalue weighted by molar-refractivity contribution is 0.0973. The Hall–Kier alpha value is -4.38. The molecule has 0 unspecified atom stereocenters. The first-order chi connectivity index (χ1) is 15.5. The summed E-state index contributed by atoms with van der Waals surface area (Å²) in [6, 6.07) is 11.9. The van der Waals surface area contributed by atoms with Gasteiger partial charge in [0.25, 0.3) is 11.5 Å². The van der Waals surface area contributed by atoms with Crippen molar-refractivity contribution in [3.63, 3.8) is 0 Å². The molecule has 0 saturated heterocycles. The minimum Gasteiger partial charge on any atom is -0.454 e. The largest absolute Gasteiger partial charge is 0.454 e. The van der Waals surface area contributed by atoms with Crippen LogP contribution in [0.2, 0.25) is 0 Å². The highest BCUT2D eigenvalue weighted by molar-refractivity contribution is 7.71. The maximum absolute atomic E-state index is 12.9. The molecule has 11 heteroatoms. The molecule has 2 aromatic carbocycles. The van der Waals surface area contributed by atoms with Crippen LogP contribution in [-0.4, -0.2) is 32.6 Å². The van der Waals surface area contributed by atoms with E-state index in [9.17, 15) is 9.59 Å². The number of rotatable bonds is 4. The number of H-pyrrole nitrogens is 3. The summed E-state index contributed by atoms with van der Waals surface area (Å²) in [4.78, 5) is 37.8. The Labute approximate surface area is 185 Å². The van der Waals surface area contributed by atoms with Crippen molar-refractivity contribution in [1.29, 1.82) is 0 Å². The molecule has 0 atom stereocenters. The van der Waals surface area contributed by atoms with Gasteiger partial charge in [-0.1, -0.05) is 6.07 Å². The van der Waals surface area contributed by atoms with Crippen LogP contribution < -0.4 is 26.1 Å². The van der Waals surface area contributed by atoms with Gasteiger partial charge in [0.05, 0.1) is 5.70 Å². The maximum atomic E-state index is 12.9. The van der Waals surface area contributed by atoms with Crippen molar-refractivity contribution in [2.24, 2.45) is 0 Å². The third-order valence-electron chi connectivity index (χ3n) is 4.77. The summed E-state index contributed by atoms with van der Waals surface area (Å²) in [6.07, 6.45) is 1.71. The number of benzene rings is 2. The fourth-order valence-electron chi connectivity index (χ4n) is 3.22. The van der Waals surface area contributed by atoms with Gasteiger partial charge < -0.3 is 30.5 Å². The smallest absolute Gasteiger partial charge is 0.277 e. The van der Waals surface area contributed by atoms with Crippen LogP contribution in [0.3, 0.4) is 0 Å². The summed E-state index contributed by atoms with van der Waals surface area (Å²) in [5.74, 6) is 1.12. The molecule has 160 valence electrons. The molecule has 32 heavy (non-hydrogen) atoms. The molecule has 2 aromatic heterocycles. The molecule has 1 aliphatic rings. The molecule has 4 aromatic rings. The van der Waals surface area contributed by atoms with Crippen LogP contribution in [0.4, 0.5) is 5.69 Å². The van der Waals surface area contributed by atoms with Crippen LogP contribution in [0.25, 0.3) is 22.9 Å². The summed E-state index contributed by atoms with van der Waals surface area (Å²) >= 11 is 5.01. The Morgan fingerprint density at radius 2 is 1.88 bits per heavy atom. The minimum absolute atomic E-state index is 0.146. The van der Waals surface area contributed by atoms with E-state index in [1.54, 1.807) is 42.5 Å². The molecule has 3 heterocycles. The number of carbonyl (C=O) groups excluding carboxylic acids is 1. The quantitative estimate of drug-likeness (QED) is 0.238. The summed E-state index contributed by atoms with van der Waals surface area (Å²) in [5, 5.41) is 2.84. The number of aromatic amines is 3. The van der Waals surface area contributed by atoms with Crippen molar-refractivity contribution >= 4 is 46.7 Å². The van der Waals surface area contributed by atoms with Gasteiger partial charge in [0, 0.05) is 11.3 Å². The average Bonchev–Trinajstić information content (AvgIpc) is 3.40. The Kier molecular flexibility index (Phi) is 4.71. The topological polar surface area (TPSA) is 151 Å². The lowest BCUT2D eigenvalue weighted by Crippen LogP contribution is -2.22. The first kappa shape index (κ1) is 19.6. The second kappa shape index (κ2) is 7.71. The lowest BCUT2D eigenvalue weighted by Gasteiger charge is -2.09. The third kappa shape index (κ3) is 3.72. The summed E-state index contributed by atoms with van der Waals surface area (Å²) in [6.45, 7) is 0.148. The summed E-state index contributed by atoms with van der Waals surface area (Å²) in [5.41, 5.74) is 7.77. The molecule has 6 N–H and O–H groups in total. The van der Waals surface area contributed by atoms with Crippen LogP contribution in [-0.2, 0) is 0 Å². The number of carbonyl (C=O) groups is 1. The van der Waals surface area contributed by atoms with Crippen molar-refractivity contribution in [2.45, 2.75) is 0 Å². The van der Waals surface area contributed by atoms with E-state index in [1.165, 1.54) is 0 Å². The van der Waals surface area contributed by atoms with E-state index >= 15 is 0 Å². The van der Waals surface area contributed by atoms with Crippen molar-refractivity contribution in [2.75, 3.05) is 12.5 Å². The molecular weight excluding hydrogens is 432 g/mol. The standard InChI is InChI=1S/C21H16N6O4S/c22-12-4-2-11(3-5-12)19(28)23-13(7-10-1-6-14-15(8-10)31-9-30-14)17-24-16-18(25-17)26-21(32)27-20(16)29/h1-8H,9,22H2,(H,23,28)(H3,24,25,26,27,29,32)/b13-7-. The summed E-state index contributed by atoms with van der Waals surface area (Å²) < 4.78 is 10.9. The van der Waals surface area contributed by atoms with Crippen LogP contribution >= 0.6 is 12.2 Å². The number of aromatic nitrogens is 4. The minimum atomic E-state index is -0.421. The number of ether oxygens (including phenoxy) is 2. The van der Waals surface area contributed by atoms with Gasteiger partial charge in [-0.05, 0) is 60.3 Å². The van der Waals surface area contributed by atoms with Gasteiger partial charge in [-0.3, -0.25) is 14.6 Å². The number of nitrogens with zero attached hydrogens (tertiary/aromatic N) is 1. The summed E-state index contributed by atoms with van der Waals surface area (Å²) in [7, 11) is 0.